The Kier molecular flexibility index (Phi) is 4.35. The molecule has 0 spiro atoms. The molecule has 1 heterocycles. The first-order chi connectivity index (χ1) is 9.60. The van der Waals surface area contributed by atoms with E-state index in [1.54, 1.807) is 6.07 Å². The van der Waals surface area contributed by atoms with Crippen molar-refractivity contribution >= 4 is 17.3 Å². The van der Waals surface area contributed by atoms with Crippen molar-refractivity contribution < 1.29 is 4.79 Å². The first-order valence-corrected chi connectivity index (χ1v) is 6.72. The number of carbonyl (C=O) groups excluding carboxylic acids is 1. The van der Waals surface area contributed by atoms with Gasteiger partial charge in [-0.1, -0.05) is 25.5 Å². The maximum atomic E-state index is 12.1. The summed E-state index contributed by atoms with van der Waals surface area (Å²) in [5, 5.41) is 2.83. The summed E-state index contributed by atoms with van der Waals surface area (Å²) in [5.74, 6) is -0.238. The van der Waals surface area contributed by atoms with Crippen molar-refractivity contribution in [3.05, 3.63) is 53.3 Å². The second-order valence-electron chi connectivity index (χ2n) is 4.81. The molecule has 0 fully saturated rings. The van der Waals surface area contributed by atoms with Gasteiger partial charge in [-0.3, -0.25) is 9.78 Å². The second-order valence-corrected chi connectivity index (χ2v) is 4.81. The SMILES string of the molecule is CCCc1ccc(NC(=O)c2cnc(C)cc2N)cc1. The molecule has 0 unspecified atom stereocenters. The number of pyridine rings is 1. The number of carbonyl (C=O) groups is 1. The average Bonchev–Trinajstić information content (AvgIpc) is 2.41. The number of hydrogen-bond acceptors (Lipinski definition) is 3. The first-order valence-electron chi connectivity index (χ1n) is 6.72. The Bertz CT molecular complexity index is 606. The highest BCUT2D eigenvalue weighted by molar-refractivity contribution is 6.07. The van der Waals surface area contributed by atoms with E-state index in [1.165, 1.54) is 11.8 Å². The van der Waals surface area contributed by atoms with Gasteiger partial charge in [-0.15, -0.1) is 0 Å². The molecule has 0 saturated carbocycles. The highest BCUT2D eigenvalue weighted by Crippen LogP contribution is 2.16. The standard InChI is InChI=1S/C16H19N3O/c1-3-4-12-5-7-13(8-6-12)19-16(20)14-10-18-11(2)9-15(14)17/h5-10H,3-4H2,1-2H3,(H2,17,18)(H,19,20). The molecule has 1 aromatic carbocycles. The molecule has 104 valence electrons. The molecule has 0 atom stereocenters. The zero-order valence-electron chi connectivity index (χ0n) is 11.8. The molecule has 0 radical (unpaired) electrons. The number of amides is 1. The maximum absolute atomic E-state index is 12.1. The predicted molar refractivity (Wildman–Crippen MR) is 81.8 cm³/mol. The van der Waals surface area contributed by atoms with Gasteiger partial charge in [-0.25, -0.2) is 0 Å². The molecule has 4 heteroatoms. The molecule has 3 N–H and O–H groups in total. The summed E-state index contributed by atoms with van der Waals surface area (Å²) in [7, 11) is 0. The van der Waals surface area contributed by atoms with Gasteiger partial charge >= 0.3 is 0 Å². The minimum absolute atomic E-state index is 0.238. The number of anilines is 2. The van der Waals surface area contributed by atoms with E-state index in [0.717, 1.165) is 24.2 Å². The Morgan fingerprint density at radius 1 is 1.30 bits per heavy atom. The molecule has 4 nitrogen and oxygen atoms in total. The van der Waals surface area contributed by atoms with Crippen LogP contribution in [0.15, 0.2) is 36.5 Å². The molecule has 20 heavy (non-hydrogen) atoms. The van der Waals surface area contributed by atoms with E-state index in [9.17, 15) is 4.79 Å². The van der Waals surface area contributed by atoms with Crippen molar-refractivity contribution in [1.29, 1.82) is 0 Å². The lowest BCUT2D eigenvalue weighted by molar-refractivity contribution is 0.102. The quantitative estimate of drug-likeness (QED) is 0.895. The van der Waals surface area contributed by atoms with E-state index in [-0.39, 0.29) is 5.91 Å². The number of nitrogens with two attached hydrogens (primary N) is 1. The normalized spacial score (nSPS) is 10.3. The molecular formula is C16H19N3O. The number of aryl methyl sites for hydroxylation is 2. The summed E-state index contributed by atoms with van der Waals surface area (Å²) in [6, 6.07) is 9.55. The van der Waals surface area contributed by atoms with Gasteiger partial charge < -0.3 is 11.1 Å². The summed E-state index contributed by atoms with van der Waals surface area (Å²) in [6.07, 6.45) is 3.66. The van der Waals surface area contributed by atoms with Crippen LogP contribution in [-0.4, -0.2) is 10.9 Å². The van der Waals surface area contributed by atoms with Gasteiger partial charge in [-0.05, 0) is 37.1 Å². The van der Waals surface area contributed by atoms with E-state index < -0.39 is 0 Å². The number of aromatic nitrogens is 1. The van der Waals surface area contributed by atoms with Gasteiger partial charge in [0, 0.05) is 23.3 Å². The number of hydrogen-bond donors (Lipinski definition) is 2. The monoisotopic (exact) mass is 269 g/mol. The summed E-state index contributed by atoms with van der Waals surface area (Å²) in [6.45, 7) is 3.98. The Labute approximate surface area is 119 Å². The number of nitrogens with one attached hydrogen (secondary N) is 1. The van der Waals surface area contributed by atoms with Crippen molar-refractivity contribution in [3.63, 3.8) is 0 Å². The molecular weight excluding hydrogens is 250 g/mol. The van der Waals surface area contributed by atoms with Crippen LogP contribution in [0.25, 0.3) is 0 Å². The third kappa shape index (κ3) is 3.35. The fourth-order valence-electron chi connectivity index (χ4n) is 2.01. The van der Waals surface area contributed by atoms with E-state index in [0.29, 0.717) is 11.3 Å². The largest absolute Gasteiger partial charge is 0.398 e. The molecule has 2 rings (SSSR count). The lowest BCUT2D eigenvalue weighted by Gasteiger charge is -2.08. The van der Waals surface area contributed by atoms with E-state index in [4.69, 9.17) is 5.73 Å². The minimum atomic E-state index is -0.238. The van der Waals surface area contributed by atoms with Crippen LogP contribution >= 0.6 is 0 Å². The smallest absolute Gasteiger partial charge is 0.259 e. The van der Waals surface area contributed by atoms with Crippen LogP contribution in [-0.2, 0) is 6.42 Å². The molecule has 1 amide bonds. The molecule has 2 aromatic rings. The predicted octanol–water partition coefficient (Wildman–Crippen LogP) is 3.18. The fourth-order valence-corrected chi connectivity index (χ4v) is 2.01. The fraction of sp³-hybridized carbons (Fsp3) is 0.250. The molecule has 1 aromatic heterocycles. The Balaban J connectivity index is 2.11. The van der Waals surface area contributed by atoms with Crippen LogP contribution in [0.5, 0.6) is 0 Å². The van der Waals surface area contributed by atoms with Crippen LogP contribution in [0.4, 0.5) is 11.4 Å². The highest BCUT2D eigenvalue weighted by Gasteiger charge is 2.10. The van der Waals surface area contributed by atoms with E-state index in [1.807, 2.05) is 31.2 Å². The van der Waals surface area contributed by atoms with Crippen molar-refractivity contribution in [2.75, 3.05) is 11.1 Å². The van der Waals surface area contributed by atoms with Gasteiger partial charge in [0.05, 0.1) is 5.56 Å². The Morgan fingerprint density at radius 3 is 2.60 bits per heavy atom. The summed E-state index contributed by atoms with van der Waals surface area (Å²) in [5.41, 5.74) is 9.50. The topological polar surface area (TPSA) is 68.0 Å². The number of nitrogens with zero attached hydrogens (tertiary/aromatic N) is 1. The molecule has 0 saturated heterocycles. The lowest BCUT2D eigenvalue weighted by atomic mass is 10.1. The molecule has 0 aliphatic carbocycles. The van der Waals surface area contributed by atoms with Gasteiger partial charge in [0.2, 0.25) is 0 Å². The van der Waals surface area contributed by atoms with Crippen LogP contribution in [0.2, 0.25) is 0 Å². The zero-order chi connectivity index (χ0) is 14.5. The Hall–Kier alpha value is -2.36. The van der Waals surface area contributed by atoms with E-state index >= 15 is 0 Å². The van der Waals surface area contributed by atoms with Gasteiger partial charge in [0.15, 0.2) is 0 Å². The van der Waals surface area contributed by atoms with Crippen molar-refractivity contribution in [1.82, 2.24) is 4.98 Å². The number of benzene rings is 1. The van der Waals surface area contributed by atoms with Crippen molar-refractivity contribution in [2.45, 2.75) is 26.7 Å². The van der Waals surface area contributed by atoms with Crippen LogP contribution in [0, 0.1) is 6.92 Å². The number of nitrogen functional groups attached to an aromatic ring is 1. The minimum Gasteiger partial charge on any atom is -0.398 e. The van der Waals surface area contributed by atoms with Gasteiger partial charge in [-0.2, -0.15) is 0 Å². The van der Waals surface area contributed by atoms with Crippen LogP contribution < -0.4 is 11.1 Å². The first kappa shape index (κ1) is 14.1. The number of rotatable bonds is 4. The third-order valence-electron chi connectivity index (χ3n) is 3.07. The van der Waals surface area contributed by atoms with Crippen molar-refractivity contribution in [3.8, 4) is 0 Å². The van der Waals surface area contributed by atoms with Gasteiger partial charge in [0.25, 0.3) is 5.91 Å². The van der Waals surface area contributed by atoms with E-state index in [2.05, 4.69) is 17.2 Å². The molecule has 0 aliphatic rings. The lowest BCUT2D eigenvalue weighted by Crippen LogP contribution is -2.14. The van der Waals surface area contributed by atoms with Crippen molar-refractivity contribution in [2.24, 2.45) is 0 Å². The second kappa shape index (κ2) is 6.19. The summed E-state index contributed by atoms with van der Waals surface area (Å²) in [4.78, 5) is 16.2. The van der Waals surface area contributed by atoms with Gasteiger partial charge in [0.1, 0.15) is 0 Å². The molecule has 0 aliphatic heterocycles. The Morgan fingerprint density at radius 2 is 2.00 bits per heavy atom. The average molecular weight is 269 g/mol. The maximum Gasteiger partial charge on any atom is 0.259 e. The molecule has 0 bridgehead atoms. The summed E-state index contributed by atoms with van der Waals surface area (Å²) >= 11 is 0. The summed E-state index contributed by atoms with van der Waals surface area (Å²) < 4.78 is 0. The third-order valence-corrected chi connectivity index (χ3v) is 3.07. The van der Waals surface area contributed by atoms with Crippen LogP contribution in [0.1, 0.15) is 35.0 Å². The highest BCUT2D eigenvalue weighted by atomic mass is 16.1. The van der Waals surface area contributed by atoms with Crippen LogP contribution in [0.3, 0.4) is 0 Å². The zero-order valence-corrected chi connectivity index (χ0v) is 11.8.